The second kappa shape index (κ2) is 9.01. The molecule has 1 aromatic carbocycles. The molecule has 0 atom stereocenters. The van der Waals surface area contributed by atoms with Crippen LogP contribution in [0.4, 0.5) is 5.69 Å². The third kappa shape index (κ3) is 4.44. The maximum atomic E-state index is 12.8. The van der Waals surface area contributed by atoms with Crippen molar-refractivity contribution >= 4 is 34.8 Å². The Kier molecular flexibility index (Phi) is 6.41. The number of hydrogen-bond acceptors (Lipinski definition) is 7. The Morgan fingerprint density at radius 3 is 2.42 bits per heavy atom. The standard InChI is InChI=1S/C22H19ClN2O6/c1-11-14(19(28)21(31-3)20(30-2)18(11)27)8-12-4-5-16(26)15(9-12)22(29)25-13-6-7-24-17(23)10-13/h4-7,9-10,26H,8H2,1-3H3,(H,24,25,29). The zero-order valence-corrected chi connectivity index (χ0v) is 17.7. The fourth-order valence-electron chi connectivity index (χ4n) is 3.16. The summed E-state index contributed by atoms with van der Waals surface area (Å²) >= 11 is 5.82. The molecular formula is C22H19ClN2O6. The van der Waals surface area contributed by atoms with E-state index in [-0.39, 0.29) is 45.6 Å². The average molecular weight is 443 g/mol. The fourth-order valence-corrected chi connectivity index (χ4v) is 3.34. The van der Waals surface area contributed by atoms with Crippen LogP contribution in [0.1, 0.15) is 22.8 Å². The quantitative estimate of drug-likeness (QED) is 0.521. The fraction of sp³-hybridized carbons (Fsp3) is 0.182. The number of nitrogens with one attached hydrogen (secondary N) is 1. The van der Waals surface area contributed by atoms with Gasteiger partial charge in [-0.25, -0.2) is 4.98 Å². The molecule has 160 valence electrons. The number of nitrogens with zero attached hydrogens (tertiary/aromatic N) is 1. The highest BCUT2D eigenvalue weighted by Gasteiger charge is 2.34. The molecule has 1 amide bonds. The van der Waals surface area contributed by atoms with Gasteiger partial charge >= 0.3 is 0 Å². The lowest BCUT2D eigenvalue weighted by atomic mass is 9.88. The van der Waals surface area contributed by atoms with Crippen molar-refractivity contribution in [3.63, 3.8) is 0 Å². The summed E-state index contributed by atoms with van der Waals surface area (Å²) in [6.07, 6.45) is 1.49. The van der Waals surface area contributed by atoms with E-state index in [1.807, 2.05) is 0 Å². The zero-order valence-electron chi connectivity index (χ0n) is 17.0. The number of phenols is 1. The van der Waals surface area contributed by atoms with Gasteiger partial charge in [-0.1, -0.05) is 17.7 Å². The highest BCUT2D eigenvalue weighted by Crippen LogP contribution is 2.29. The minimum absolute atomic E-state index is 0.00152. The van der Waals surface area contributed by atoms with Gasteiger partial charge in [-0.3, -0.25) is 14.4 Å². The lowest BCUT2D eigenvalue weighted by molar-refractivity contribution is -0.121. The number of pyridine rings is 1. The molecule has 1 heterocycles. The van der Waals surface area contributed by atoms with Crippen LogP contribution in [0, 0.1) is 0 Å². The number of aromatic nitrogens is 1. The molecule has 0 saturated carbocycles. The molecule has 1 aliphatic carbocycles. The van der Waals surface area contributed by atoms with E-state index in [4.69, 9.17) is 21.1 Å². The lowest BCUT2D eigenvalue weighted by Crippen LogP contribution is -2.26. The van der Waals surface area contributed by atoms with Crippen molar-refractivity contribution in [1.82, 2.24) is 4.98 Å². The summed E-state index contributed by atoms with van der Waals surface area (Å²) < 4.78 is 10.1. The third-order valence-electron chi connectivity index (χ3n) is 4.77. The van der Waals surface area contributed by atoms with E-state index in [0.29, 0.717) is 11.3 Å². The molecule has 0 radical (unpaired) electrons. The molecule has 31 heavy (non-hydrogen) atoms. The van der Waals surface area contributed by atoms with Crippen molar-refractivity contribution < 1.29 is 29.0 Å². The first-order valence-corrected chi connectivity index (χ1v) is 9.50. The molecule has 0 unspecified atom stereocenters. The van der Waals surface area contributed by atoms with Crippen LogP contribution < -0.4 is 5.32 Å². The molecule has 1 aliphatic rings. The summed E-state index contributed by atoms with van der Waals surface area (Å²) in [6, 6.07) is 7.38. The van der Waals surface area contributed by atoms with Gasteiger partial charge < -0.3 is 19.9 Å². The number of phenolic OH excluding ortho intramolecular Hbond substituents is 1. The highest BCUT2D eigenvalue weighted by molar-refractivity contribution is 6.29. The SMILES string of the molecule is COC1=C(OC)C(=O)C(Cc2ccc(O)c(C(=O)Nc3ccnc(Cl)c3)c2)=C(C)C1=O. The maximum Gasteiger partial charge on any atom is 0.259 e. The maximum absolute atomic E-state index is 12.8. The van der Waals surface area contributed by atoms with Crippen molar-refractivity contribution in [2.45, 2.75) is 13.3 Å². The highest BCUT2D eigenvalue weighted by atomic mass is 35.5. The Morgan fingerprint density at radius 2 is 1.77 bits per heavy atom. The van der Waals surface area contributed by atoms with Crippen LogP contribution in [-0.4, -0.2) is 41.8 Å². The van der Waals surface area contributed by atoms with Crippen LogP contribution in [0.5, 0.6) is 5.75 Å². The van der Waals surface area contributed by atoms with Crippen LogP contribution >= 0.6 is 11.6 Å². The van der Waals surface area contributed by atoms with Gasteiger partial charge in [0.1, 0.15) is 10.9 Å². The molecule has 2 aromatic rings. The van der Waals surface area contributed by atoms with Crippen molar-refractivity contribution in [2.24, 2.45) is 0 Å². The molecule has 0 spiro atoms. The Bertz CT molecular complexity index is 1150. The molecular weight excluding hydrogens is 424 g/mol. The minimum Gasteiger partial charge on any atom is -0.507 e. The van der Waals surface area contributed by atoms with E-state index in [9.17, 15) is 19.5 Å². The van der Waals surface area contributed by atoms with Crippen molar-refractivity contribution in [3.8, 4) is 5.75 Å². The van der Waals surface area contributed by atoms with Gasteiger partial charge in [0.05, 0.1) is 19.8 Å². The summed E-state index contributed by atoms with van der Waals surface area (Å²) in [6.45, 7) is 1.53. The number of anilines is 1. The normalized spacial score (nSPS) is 14.1. The average Bonchev–Trinajstić information content (AvgIpc) is 2.74. The van der Waals surface area contributed by atoms with E-state index in [0.717, 1.165) is 0 Å². The molecule has 1 aromatic heterocycles. The number of halogens is 1. The first-order chi connectivity index (χ1) is 14.8. The molecule has 0 bridgehead atoms. The smallest absolute Gasteiger partial charge is 0.259 e. The van der Waals surface area contributed by atoms with E-state index in [2.05, 4.69) is 10.3 Å². The largest absolute Gasteiger partial charge is 0.507 e. The Balaban J connectivity index is 1.90. The number of ketones is 2. The van der Waals surface area contributed by atoms with E-state index < -0.39 is 17.5 Å². The summed E-state index contributed by atoms with van der Waals surface area (Å²) in [5, 5.41) is 13.0. The Morgan fingerprint density at radius 1 is 1.10 bits per heavy atom. The van der Waals surface area contributed by atoms with Crippen molar-refractivity contribution in [1.29, 1.82) is 0 Å². The van der Waals surface area contributed by atoms with Gasteiger partial charge in [-0.05, 0) is 36.8 Å². The van der Waals surface area contributed by atoms with Gasteiger partial charge in [0.15, 0.2) is 0 Å². The van der Waals surface area contributed by atoms with Gasteiger partial charge in [0.25, 0.3) is 5.91 Å². The van der Waals surface area contributed by atoms with Gasteiger partial charge in [0.2, 0.25) is 23.1 Å². The summed E-state index contributed by atoms with van der Waals surface area (Å²) in [5.41, 5.74) is 1.40. The van der Waals surface area contributed by atoms with E-state index in [1.165, 1.54) is 45.5 Å². The number of rotatable bonds is 6. The van der Waals surface area contributed by atoms with Crippen LogP contribution in [0.2, 0.25) is 5.15 Å². The second-order valence-electron chi connectivity index (χ2n) is 6.68. The van der Waals surface area contributed by atoms with E-state index in [1.54, 1.807) is 12.1 Å². The Hall–Kier alpha value is -3.65. The van der Waals surface area contributed by atoms with Gasteiger partial charge in [0, 0.05) is 29.5 Å². The van der Waals surface area contributed by atoms with Crippen LogP contribution in [0.15, 0.2) is 59.2 Å². The lowest BCUT2D eigenvalue weighted by Gasteiger charge is -2.20. The minimum atomic E-state index is -0.572. The number of methoxy groups -OCH3 is 2. The number of hydrogen-bond donors (Lipinski definition) is 2. The Labute approximate surface area is 183 Å². The second-order valence-corrected chi connectivity index (χ2v) is 7.07. The number of amides is 1. The summed E-state index contributed by atoms with van der Waals surface area (Å²) in [4.78, 5) is 41.8. The predicted molar refractivity (Wildman–Crippen MR) is 113 cm³/mol. The molecule has 0 saturated heterocycles. The third-order valence-corrected chi connectivity index (χ3v) is 4.97. The summed E-state index contributed by atoms with van der Waals surface area (Å²) in [5.74, 6) is -2.04. The summed E-state index contributed by atoms with van der Waals surface area (Å²) in [7, 11) is 2.57. The molecule has 2 N–H and O–H groups in total. The van der Waals surface area contributed by atoms with Crippen LogP contribution in [0.3, 0.4) is 0 Å². The number of allylic oxidation sites excluding steroid dienone is 2. The van der Waals surface area contributed by atoms with Crippen LogP contribution in [-0.2, 0) is 25.5 Å². The number of Topliss-reactive ketones (excluding diaryl/α,β-unsaturated/α-hetero) is 2. The van der Waals surface area contributed by atoms with Crippen LogP contribution in [0.25, 0.3) is 0 Å². The number of carbonyl (C=O) groups excluding carboxylic acids is 3. The molecule has 8 nitrogen and oxygen atoms in total. The van der Waals surface area contributed by atoms with Gasteiger partial charge in [-0.2, -0.15) is 0 Å². The molecule has 0 aliphatic heterocycles. The van der Waals surface area contributed by atoms with Crippen molar-refractivity contribution in [3.05, 3.63) is 75.5 Å². The number of benzene rings is 1. The first-order valence-electron chi connectivity index (χ1n) is 9.13. The van der Waals surface area contributed by atoms with Gasteiger partial charge in [-0.15, -0.1) is 0 Å². The number of ether oxygens (including phenoxy) is 2. The molecule has 9 heteroatoms. The first kappa shape index (κ1) is 22.0. The van der Waals surface area contributed by atoms with Crippen molar-refractivity contribution in [2.75, 3.05) is 19.5 Å². The number of aromatic hydroxyl groups is 1. The molecule has 3 rings (SSSR count). The zero-order chi connectivity index (χ0) is 22.7. The molecule has 0 fully saturated rings. The predicted octanol–water partition coefficient (Wildman–Crippen LogP) is 3.21. The topological polar surface area (TPSA) is 115 Å². The monoisotopic (exact) mass is 442 g/mol. The van der Waals surface area contributed by atoms with E-state index >= 15 is 0 Å². The number of carbonyl (C=O) groups is 3.